The van der Waals surface area contributed by atoms with Crippen LogP contribution in [-0.4, -0.2) is 11.0 Å². The van der Waals surface area contributed by atoms with E-state index >= 15 is 0 Å². The van der Waals surface area contributed by atoms with E-state index < -0.39 is 11.5 Å². The highest BCUT2D eigenvalue weighted by molar-refractivity contribution is 9.10. The zero-order valence-corrected chi connectivity index (χ0v) is 10.1. The van der Waals surface area contributed by atoms with Gasteiger partial charge in [0.25, 0.3) is 5.91 Å². The number of benzene rings is 1. The van der Waals surface area contributed by atoms with Gasteiger partial charge >= 0.3 is 0 Å². The van der Waals surface area contributed by atoms with Crippen LogP contribution in [0.4, 0.5) is 0 Å². The van der Waals surface area contributed by atoms with Crippen molar-refractivity contribution in [3.05, 3.63) is 34.5 Å². The number of halogens is 1. The summed E-state index contributed by atoms with van der Waals surface area (Å²) in [7, 11) is 0. The van der Waals surface area contributed by atoms with Gasteiger partial charge in [-0.15, -0.1) is 0 Å². The lowest BCUT2D eigenvalue weighted by atomic mass is 10.0. The summed E-state index contributed by atoms with van der Waals surface area (Å²) in [5.41, 5.74) is 3.91. The molecule has 1 amide bonds. The van der Waals surface area contributed by atoms with Gasteiger partial charge in [-0.3, -0.25) is 4.79 Å². The van der Waals surface area contributed by atoms with Crippen LogP contribution in [0.25, 0.3) is 11.0 Å². The van der Waals surface area contributed by atoms with E-state index in [-0.39, 0.29) is 5.76 Å². The van der Waals surface area contributed by atoms with Crippen molar-refractivity contribution in [3.63, 3.8) is 0 Å². The number of hydrogen-bond donors (Lipinski definition) is 2. The molecule has 1 atom stereocenters. The first-order valence-electron chi connectivity index (χ1n) is 4.63. The number of nitrogens with two attached hydrogens (primary N) is 1. The van der Waals surface area contributed by atoms with E-state index in [1.54, 1.807) is 12.1 Å². The highest BCUT2D eigenvalue weighted by Crippen LogP contribution is 2.29. The molecule has 1 unspecified atom stereocenters. The Bertz CT molecular complexity index is 559. The third-order valence-electron chi connectivity index (χ3n) is 2.44. The molecule has 1 aromatic carbocycles. The highest BCUT2D eigenvalue weighted by atomic mass is 79.9. The predicted octanol–water partition coefficient (Wildman–Crippen LogP) is 1.89. The van der Waals surface area contributed by atoms with Gasteiger partial charge < -0.3 is 15.3 Å². The lowest BCUT2D eigenvalue weighted by molar-refractivity contribution is -0.136. The largest absolute Gasteiger partial charge is 0.457 e. The Morgan fingerprint density at radius 3 is 2.81 bits per heavy atom. The zero-order chi connectivity index (χ0) is 11.9. The summed E-state index contributed by atoms with van der Waals surface area (Å²) in [5.74, 6) is -0.696. The number of primary amides is 1. The summed E-state index contributed by atoms with van der Waals surface area (Å²) < 4.78 is 6.27. The monoisotopic (exact) mass is 283 g/mol. The van der Waals surface area contributed by atoms with Crippen LogP contribution >= 0.6 is 15.9 Å². The molecule has 0 aliphatic carbocycles. The number of rotatable bonds is 2. The van der Waals surface area contributed by atoms with Gasteiger partial charge in [0.05, 0.1) is 0 Å². The second kappa shape index (κ2) is 3.61. The standard InChI is InChI=1S/C11H10BrNO3/c1-11(15,10(13)14)9-5-6-4-7(12)2-3-8(6)16-9/h2-5,15H,1H3,(H2,13,14). The predicted molar refractivity (Wildman–Crippen MR) is 62.7 cm³/mol. The fourth-order valence-corrected chi connectivity index (χ4v) is 1.75. The van der Waals surface area contributed by atoms with Gasteiger partial charge in [0.15, 0.2) is 5.60 Å². The summed E-state index contributed by atoms with van der Waals surface area (Å²) in [4.78, 5) is 11.1. The van der Waals surface area contributed by atoms with Gasteiger partial charge in [0.2, 0.25) is 0 Å². The Kier molecular flexibility index (Phi) is 2.52. The SMILES string of the molecule is CC(O)(C(N)=O)c1cc2cc(Br)ccc2o1. The molecule has 0 bridgehead atoms. The molecular weight excluding hydrogens is 274 g/mol. The van der Waals surface area contributed by atoms with Crippen LogP contribution in [0, 0.1) is 0 Å². The van der Waals surface area contributed by atoms with E-state index in [0.717, 1.165) is 9.86 Å². The molecule has 2 rings (SSSR count). The van der Waals surface area contributed by atoms with Crippen LogP contribution in [-0.2, 0) is 10.4 Å². The Morgan fingerprint density at radius 1 is 1.50 bits per heavy atom. The molecule has 84 valence electrons. The molecule has 0 saturated carbocycles. The number of furan rings is 1. The van der Waals surface area contributed by atoms with Crippen molar-refractivity contribution in [2.45, 2.75) is 12.5 Å². The van der Waals surface area contributed by atoms with E-state index in [0.29, 0.717) is 5.58 Å². The van der Waals surface area contributed by atoms with Gasteiger partial charge in [0.1, 0.15) is 11.3 Å². The Balaban J connectivity index is 2.59. The number of hydrogen-bond acceptors (Lipinski definition) is 3. The number of carbonyl (C=O) groups excluding carboxylic acids is 1. The summed E-state index contributed by atoms with van der Waals surface area (Å²) in [6.07, 6.45) is 0. The molecule has 0 aliphatic rings. The van der Waals surface area contributed by atoms with Crippen molar-refractivity contribution in [1.82, 2.24) is 0 Å². The number of carbonyl (C=O) groups is 1. The molecule has 0 fully saturated rings. The maximum absolute atomic E-state index is 11.1. The van der Waals surface area contributed by atoms with E-state index in [1.807, 2.05) is 12.1 Å². The molecule has 5 heteroatoms. The number of amides is 1. The second-order valence-electron chi connectivity index (χ2n) is 3.73. The van der Waals surface area contributed by atoms with Gasteiger partial charge in [-0.05, 0) is 31.2 Å². The Labute approximate surface area is 100 Å². The van der Waals surface area contributed by atoms with Crippen molar-refractivity contribution in [2.75, 3.05) is 0 Å². The fourth-order valence-electron chi connectivity index (χ4n) is 1.38. The van der Waals surface area contributed by atoms with Crippen LogP contribution in [0.3, 0.4) is 0 Å². The van der Waals surface area contributed by atoms with Crippen LogP contribution in [0.2, 0.25) is 0 Å². The van der Waals surface area contributed by atoms with E-state index in [2.05, 4.69) is 15.9 Å². The lowest BCUT2D eigenvalue weighted by Crippen LogP contribution is -2.37. The molecule has 1 heterocycles. The molecule has 0 radical (unpaired) electrons. The molecule has 0 aliphatic heterocycles. The number of aliphatic hydroxyl groups is 1. The van der Waals surface area contributed by atoms with Gasteiger partial charge in [-0.25, -0.2) is 0 Å². The van der Waals surface area contributed by atoms with E-state index in [1.165, 1.54) is 6.92 Å². The molecule has 3 N–H and O–H groups in total. The third kappa shape index (κ3) is 1.72. The average molecular weight is 284 g/mol. The summed E-state index contributed by atoms with van der Waals surface area (Å²) >= 11 is 3.33. The van der Waals surface area contributed by atoms with Crippen molar-refractivity contribution in [1.29, 1.82) is 0 Å². The first-order chi connectivity index (χ1) is 7.41. The molecule has 0 spiro atoms. The topological polar surface area (TPSA) is 76.5 Å². The zero-order valence-electron chi connectivity index (χ0n) is 8.53. The fraction of sp³-hybridized carbons (Fsp3) is 0.182. The third-order valence-corrected chi connectivity index (χ3v) is 2.93. The average Bonchev–Trinajstić information content (AvgIpc) is 2.60. The maximum atomic E-state index is 11.1. The van der Waals surface area contributed by atoms with Crippen molar-refractivity contribution < 1.29 is 14.3 Å². The maximum Gasteiger partial charge on any atom is 0.257 e. The Morgan fingerprint density at radius 2 is 2.19 bits per heavy atom. The quantitative estimate of drug-likeness (QED) is 0.884. The lowest BCUT2D eigenvalue weighted by Gasteiger charge is -2.15. The van der Waals surface area contributed by atoms with Gasteiger partial charge in [0, 0.05) is 9.86 Å². The van der Waals surface area contributed by atoms with Crippen molar-refractivity contribution in [3.8, 4) is 0 Å². The van der Waals surface area contributed by atoms with Gasteiger partial charge in [-0.2, -0.15) is 0 Å². The van der Waals surface area contributed by atoms with Crippen LogP contribution in [0.5, 0.6) is 0 Å². The smallest absolute Gasteiger partial charge is 0.257 e. The highest BCUT2D eigenvalue weighted by Gasteiger charge is 2.33. The van der Waals surface area contributed by atoms with Gasteiger partial charge in [-0.1, -0.05) is 15.9 Å². The molecule has 16 heavy (non-hydrogen) atoms. The molecule has 2 aromatic rings. The Hall–Kier alpha value is -1.33. The van der Waals surface area contributed by atoms with Crippen molar-refractivity contribution in [2.24, 2.45) is 5.73 Å². The van der Waals surface area contributed by atoms with Crippen LogP contribution < -0.4 is 5.73 Å². The number of fused-ring (bicyclic) bond motifs is 1. The molecular formula is C11H10BrNO3. The molecule has 4 nitrogen and oxygen atoms in total. The normalized spacial score (nSPS) is 14.9. The minimum Gasteiger partial charge on any atom is -0.457 e. The van der Waals surface area contributed by atoms with E-state index in [9.17, 15) is 9.90 Å². The first-order valence-corrected chi connectivity index (χ1v) is 5.42. The summed E-state index contributed by atoms with van der Waals surface area (Å²) in [6, 6.07) is 7.00. The minimum absolute atomic E-state index is 0.146. The van der Waals surface area contributed by atoms with Crippen LogP contribution in [0.15, 0.2) is 33.2 Å². The van der Waals surface area contributed by atoms with Crippen LogP contribution in [0.1, 0.15) is 12.7 Å². The molecule has 0 saturated heterocycles. The summed E-state index contributed by atoms with van der Waals surface area (Å²) in [5, 5.41) is 10.7. The second-order valence-corrected chi connectivity index (χ2v) is 4.64. The minimum atomic E-state index is -1.79. The van der Waals surface area contributed by atoms with Crippen molar-refractivity contribution >= 4 is 32.8 Å². The molecule has 1 aromatic heterocycles. The first kappa shape index (κ1) is 11.2. The summed E-state index contributed by atoms with van der Waals surface area (Å²) in [6.45, 7) is 1.31. The van der Waals surface area contributed by atoms with E-state index in [4.69, 9.17) is 10.2 Å².